The minimum Gasteiger partial charge on any atom is -0.378 e. The van der Waals surface area contributed by atoms with E-state index in [1.54, 1.807) is 0 Å². The quantitative estimate of drug-likeness (QED) is 0.776. The van der Waals surface area contributed by atoms with Crippen molar-refractivity contribution in [3.63, 3.8) is 0 Å². The van der Waals surface area contributed by atoms with Crippen LogP contribution in [0.5, 0.6) is 0 Å². The molecule has 0 saturated carbocycles. The molecule has 0 amide bonds. The predicted octanol–water partition coefficient (Wildman–Crippen LogP) is 3.71. The smallest absolute Gasteiger partial charge is 0.0533 e. The van der Waals surface area contributed by atoms with Crippen molar-refractivity contribution >= 4 is 5.69 Å². The van der Waals surface area contributed by atoms with Crippen LogP contribution in [0.2, 0.25) is 0 Å². The van der Waals surface area contributed by atoms with E-state index in [1.807, 2.05) is 32.3 Å². The highest BCUT2D eigenvalue weighted by molar-refractivity contribution is 5.45. The van der Waals surface area contributed by atoms with Gasteiger partial charge >= 0.3 is 0 Å². The Balaban J connectivity index is 2.67. The molecule has 1 heterocycles. The van der Waals surface area contributed by atoms with E-state index in [4.69, 9.17) is 0 Å². The van der Waals surface area contributed by atoms with Gasteiger partial charge in [-0.3, -0.25) is 4.98 Å². The first-order chi connectivity index (χ1) is 7.63. The maximum absolute atomic E-state index is 4.16. The van der Waals surface area contributed by atoms with Gasteiger partial charge in [-0.15, -0.1) is 0 Å². The molecule has 1 rings (SSSR count). The molecule has 0 unspecified atom stereocenters. The second-order valence-electron chi connectivity index (χ2n) is 4.05. The number of allylic oxidation sites excluding steroid dienone is 3. The molecule has 0 aliphatic heterocycles. The van der Waals surface area contributed by atoms with E-state index >= 15 is 0 Å². The van der Waals surface area contributed by atoms with E-state index in [2.05, 4.69) is 42.4 Å². The molecule has 1 atom stereocenters. The lowest BCUT2D eigenvalue weighted by Crippen LogP contribution is -2.16. The Bertz CT molecular complexity index is 391. The van der Waals surface area contributed by atoms with Crippen LogP contribution in [0.3, 0.4) is 0 Å². The summed E-state index contributed by atoms with van der Waals surface area (Å²) in [5.41, 5.74) is 3.55. The SMILES string of the molecule is C/C=C\C=C(/C)[C@@H](C)Nc1cncc(C)c1. The number of pyridine rings is 1. The summed E-state index contributed by atoms with van der Waals surface area (Å²) >= 11 is 0. The molecular weight excluding hydrogens is 196 g/mol. The lowest BCUT2D eigenvalue weighted by Gasteiger charge is -2.15. The summed E-state index contributed by atoms with van der Waals surface area (Å²) in [5, 5.41) is 3.43. The van der Waals surface area contributed by atoms with E-state index in [0.29, 0.717) is 6.04 Å². The number of rotatable bonds is 4. The van der Waals surface area contributed by atoms with Gasteiger partial charge in [0, 0.05) is 18.4 Å². The lowest BCUT2D eigenvalue weighted by molar-refractivity contribution is 0.921. The van der Waals surface area contributed by atoms with Crippen molar-refractivity contribution in [3.05, 3.63) is 47.8 Å². The maximum atomic E-state index is 4.16. The molecule has 0 saturated heterocycles. The molecule has 1 aromatic heterocycles. The maximum Gasteiger partial charge on any atom is 0.0533 e. The molecule has 2 heteroatoms. The Kier molecular flexibility index (Phi) is 4.77. The van der Waals surface area contributed by atoms with E-state index in [-0.39, 0.29) is 0 Å². The van der Waals surface area contributed by atoms with Gasteiger partial charge in [-0.2, -0.15) is 0 Å². The standard InChI is InChI=1S/C14H20N2/c1-5-6-7-12(3)13(4)16-14-8-11(2)9-15-10-14/h5-10,13,16H,1-4H3/b6-5-,12-7+/t13-/m1/s1. The zero-order chi connectivity index (χ0) is 12.0. The van der Waals surface area contributed by atoms with Gasteiger partial charge in [-0.1, -0.05) is 23.8 Å². The van der Waals surface area contributed by atoms with Crippen LogP contribution in [0, 0.1) is 6.92 Å². The molecule has 0 fully saturated rings. The molecule has 0 aliphatic carbocycles. The average molecular weight is 216 g/mol. The number of aromatic nitrogens is 1. The Morgan fingerprint density at radius 2 is 2.19 bits per heavy atom. The Hall–Kier alpha value is -1.57. The second-order valence-corrected chi connectivity index (χ2v) is 4.05. The first-order valence-electron chi connectivity index (χ1n) is 5.61. The van der Waals surface area contributed by atoms with Gasteiger partial charge in [0.2, 0.25) is 0 Å². The third-order valence-corrected chi connectivity index (χ3v) is 2.49. The topological polar surface area (TPSA) is 24.9 Å². The minimum atomic E-state index is 0.319. The minimum absolute atomic E-state index is 0.319. The van der Waals surface area contributed by atoms with Crippen molar-refractivity contribution < 1.29 is 0 Å². The molecule has 2 nitrogen and oxygen atoms in total. The monoisotopic (exact) mass is 216 g/mol. The zero-order valence-electron chi connectivity index (χ0n) is 10.5. The van der Waals surface area contributed by atoms with Crippen LogP contribution in [0.1, 0.15) is 26.3 Å². The highest BCUT2D eigenvalue weighted by Gasteiger charge is 2.03. The van der Waals surface area contributed by atoms with Crippen LogP contribution in [-0.2, 0) is 0 Å². The summed E-state index contributed by atoms with van der Waals surface area (Å²) in [5.74, 6) is 0. The second kappa shape index (κ2) is 6.11. The fraction of sp³-hybridized carbons (Fsp3) is 0.357. The fourth-order valence-corrected chi connectivity index (χ4v) is 1.39. The van der Waals surface area contributed by atoms with E-state index < -0.39 is 0 Å². The largest absolute Gasteiger partial charge is 0.378 e. The normalized spacial score (nSPS) is 14.1. The van der Waals surface area contributed by atoms with Gasteiger partial charge in [0.1, 0.15) is 0 Å². The summed E-state index contributed by atoms with van der Waals surface area (Å²) < 4.78 is 0. The first kappa shape index (κ1) is 12.5. The van der Waals surface area contributed by atoms with Gasteiger partial charge < -0.3 is 5.32 Å². The molecule has 0 aromatic carbocycles. The third-order valence-electron chi connectivity index (χ3n) is 2.49. The van der Waals surface area contributed by atoms with Crippen molar-refractivity contribution in [2.24, 2.45) is 0 Å². The number of nitrogens with zero attached hydrogens (tertiary/aromatic N) is 1. The number of aryl methyl sites for hydroxylation is 1. The van der Waals surface area contributed by atoms with Gasteiger partial charge in [-0.05, 0) is 39.3 Å². The van der Waals surface area contributed by atoms with Crippen molar-refractivity contribution in [2.75, 3.05) is 5.32 Å². The molecule has 16 heavy (non-hydrogen) atoms. The van der Waals surface area contributed by atoms with Gasteiger partial charge in [0.25, 0.3) is 0 Å². The molecule has 0 radical (unpaired) electrons. The van der Waals surface area contributed by atoms with E-state index in [1.165, 1.54) is 11.1 Å². The van der Waals surface area contributed by atoms with Crippen LogP contribution in [-0.4, -0.2) is 11.0 Å². The highest BCUT2D eigenvalue weighted by Crippen LogP contribution is 2.12. The number of hydrogen-bond donors (Lipinski definition) is 1. The predicted molar refractivity (Wildman–Crippen MR) is 70.6 cm³/mol. The van der Waals surface area contributed by atoms with Crippen LogP contribution in [0.25, 0.3) is 0 Å². The molecule has 0 bridgehead atoms. The Morgan fingerprint density at radius 1 is 1.44 bits per heavy atom. The molecule has 0 aliphatic rings. The third kappa shape index (κ3) is 3.89. The Morgan fingerprint density at radius 3 is 2.81 bits per heavy atom. The summed E-state index contributed by atoms with van der Waals surface area (Å²) in [6.07, 6.45) is 9.93. The van der Waals surface area contributed by atoms with Crippen molar-refractivity contribution in [1.82, 2.24) is 4.98 Å². The molecule has 0 spiro atoms. The number of nitrogens with one attached hydrogen (secondary N) is 1. The molecular formula is C14H20N2. The summed E-state index contributed by atoms with van der Waals surface area (Å²) in [7, 11) is 0. The van der Waals surface area contributed by atoms with Crippen LogP contribution >= 0.6 is 0 Å². The summed E-state index contributed by atoms with van der Waals surface area (Å²) in [6.45, 7) is 8.34. The van der Waals surface area contributed by atoms with Gasteiger partial charge in [0.05, 0.1) is 5.69 Å². The summed E-state index contributed by atoms with van der Waals surface area (Å²) in [6, 6.07) is 2.42. The van der Waals surface area contributed by atoms with Crippen molar-refractivity contribution in [2.45, 2.75) is 33.7 Å². The fourth-order valence-electron chi connectivity index (χ4n) is 1.39. The zero-order valence-corrected chi connectivity index (χ0v) is 10.5. The number of hydrogen-bond acceptors (Lipinski definition) is 2. The molecule has 86 valence electrons. The van der Waals surface area contributed by atoms with Crippen LogP contribution in [0.4, 0.5) is 5.69 Å². The first-order valence-corrected chi connectivity index (χ1v) is 5.61. The average Bonchev–Trinajstić information content (AvgIpc) is 2.25. The highest BCUT2D eigenvalue weighted by atomic mass is 14.9. The van der Waals surface area contributed by atoms with Crippen LogP contribution in [0.15, 0.2) is 42.3 Å². The lowest BCUT2D eigenvalue weighted by atomic mass is 10.1. The van der Waals surface area contributed by atoms with Gasteiger partial charge in [0.15, 0.2) is 0 Å². The molecule has 1 aromatic rings. The molecule has 1 N–H and O–H groups in total. The van der Waals surface area contributed by atoms with Gasteiger partial charge in [-0.25, -0.2) is 0 Å². The van der Waals surface area contributed by atoms with E-state index in [9.17, 15) is 0 Å². The van der Waals surface area contributed by atoms with Crippen molar-refractivity contribution in [1.29, 1.82) is 0 Å². The van der Waals surface area contributed by atoms with E-state index in [0.717, 1.165) is 5.69 Å². The van der Waals surface area contributed by atoms with Crippen LogP contribution < -0.4 is 5.32 Å². The van der Waals surface area contributed by atoms with Crippen molar-refractivity contribution in [3.8, 4) is 0 Å². The summed E-state index contributed by atoms with van der Waals surface area (Å²) in [4.78, 5) is 4.16. The Labute approximate surface area is 98.1 Å². The number of anilines is 1.